The minimum absolute atomic E-state index is 0.0182. The zero-order valence-electron chi connectivity index (χ0n) is 14.8. The van der Waals surface area contributed by atoms with Crippen LogP contribution < -0.4 is 14.8 Å². The second-order valence-corrected chi connectivity index (χ2v) is 6.19. The van der Waals surface area contributed by atoms with E-state index in [2.05, 4.69) is 10.2 Å². The lowest BCUT2D eigenvalue weighted by Gasteiger charge is -2.14. The van der Waals surface area contributed by atoms with Crippen LogP contribution in [-0.2, 0) is 6.18 Å². The van der Waals surface area contributed by atoms with Crippen LogP contribution in [0.1, 0.15) is 16.1 Å². The van der Waals surface area contributed by atoms with Gasteiger partial charge in [-0.05, 0) is 24.3 Å². The van der Waals surface area contributed by atoms with Gasteiger partial charge in [0.25, 0.3) is 5.91 Å². The summed E-state index contributed by atoms with van der Waals surface area (Å²) in [5.41, 5.74) is -4.20. The number of amides is 1. The van der Waals surface area contributed by atoms with Crippen molar-refractivity contribution < 1.29 is 45.0 Å². The second kappa shape index (κ2) is 7.18. The number of carbonyl (C=O) groups is 1. The predicted molar refractivity (Wildman–Crippen MR) is 89.4 cm³/mol. The van der Waals surface area contributed by atoms with Gasteiger partial charge in [-0.25, -0.2) is 17.6 Å². The number of H-pyrrole nitrogens is 1. The van der Waals surface area contributed by atoms with Crippen LogP contribution in [0.4, 0.5) is 36.4 Å². The third kappa shape index (κ3) is 3.51. The molecule has 2 aromatic carbocycles. The quantitative estimate of drug-likeness (QED) is 0.454. The number of carbonyl (C=O) groups excluding carboxylic acids is 1. The van der Waals surface area contributed by atoms with Gasteiger partial charge in [-0.2, -0.15) is 18.3 Å². The van der Waals surface area contributed by atoms with Crippen molar-refractivity contribution in [2.75, 3.05) is 12.1 Å². The van der Waals surface area contributed by atoms with Crippen LogP contribution in [-0.4, -0.2) is 22.9 Å². The van der Waals surface area contributed by atoms with Gasteiger partial charge in [-0.15, -0.1) is 0 Å². The minimum atomic E-state index is -5.69. The molecule has 0 radical (unpaired) electrons. The average molecular weight is 447 g/mol. The molecule has 0 saturated heterocycles. The first-order valence-electron chi connectivity index (χ1n) is 8.28. The summed E-state index contributed by atoms with van der Waals surface area (Å²) in [6.45, 7) is 0.0182. The fraction of sp³-hybridized carbons (Fsp3) is 0.111. The van der Waals surface area contributed by atoms with E-state index in [9.17, 15) is 35.5 Å². The van der Waals surface area contributed by atoms with Crippen LogP contribution in [0.15, 0.2) is 24.3 Å². The second-order valence-electron chi connectivity index (χ2n) is 6.19. The summed E-state index contributed by atoms with van der Waals surface area (Å²) in [7, 11) is 0. The average Bonchev–Trinajstić information content (AvgIpc) is 3.37. The van der Waals surface area contributed by atoms with Gasteiger partial charge in [0, 0.05) is 5.56 Å². The molecule has 1 aliphatic rings. The van der Waals surface area contributed by atoms with Crippen LogP contribution in [0.5, 0.6) is 11.5 Å². The first-order valence-corrected chi connectivity index (χ1v) is 8.28. The Labute approximate surface area is 167 Å². The highest BCUT2D eigenvalue weighted by molar-refractivity contribution is 6.03. The van der Waals surface area contributed by atoms with E-state index < -0.39 is 52.3 Å². The molecule has 4 rings (SSSR count). The van der Waals surface area contributed by atoms with Crippen LogP contribution in [0.25, 0.3) is 11.3 Å². The predicted octanol–water partition coefficient (Wildman–Crippen LogP) is 4.63. The number of nitrogens with zero attached hydrogens (tertiary/aromatic N) is 1. The van der Waals surface area contributed by atoms with E-state index in [1.165, 1.54) is 5.32 Å². The number of benzene rings is 2. The summed E-state index contributed by atoms with van der Waals surface area (Å²) in [5, 5.41) is 7.59. The minimum Gasteiger partial charge on any atom is -0.454 e. The Bertz CT molecular complexity index is 1180. The summed E-state index contributed by atoms with van der Waals surface area (Å²) in [5.74, 6) is -10.6. The maximum Gasteiger partial charge on any atom is 0.422 e. The summed E-state index contributed by atoms with van der Waals surface area (Å²) in [4.78, 5) is 12.2. The van der Waals surface area contributed by atoms with Crippen molar-refractivity contribution in [2.45, 2.75) is 6.18 Å². The molecule has 0 spiro atoms. The molecule has 31 heavy (non-hydrogen) atoms. The maximum absolute atomic E-state index is 14.0. The number of aromatic nitrogens is 2. The number of halogens is 7. The maximum atomic E-state index is 14.0. The van der Waals surface area contributed by atoms with E-state index in [4.69, 9.17) is 9.47 Å². The highest BCUT2D eigenvalue weighted by Gasteiger charge is 2.42. The number of hydrogen-bond acceptors (Lipinski definition) is 4. The number of nitrogens with one attached hydrogen (secondary N) is 2. The molecule has 2 heterocycles. The van der Waals surface area contributed by atoms with Crippen molar-refractivity contribution in [3.8, 4) is 22.8 Å². The van der Waals surface area contributed by atoms with Gasteiger partial charge in [-0.3, -0.25) is 9.89 Å². The lowest BCUT2D eigenvalue weighted by molar-refractivity contribution is -0.143. The number of aromatic amines is 1. The number of hydrogen-bond donors (Lipinski definition) is 2. The number of rotatable bonds is 3. The van der Waals surface area contributed by atoms with Crippen molar-refractivity contribution in [1.82, 2.24) is 10.2 Å². The molecule has 0 unspecified atom stereocenters. The first kappa shape index (κ1) is 20.5. The highest BCUT2D eigenvalue weighted by Crippen LogP contribution is 2.39. The molecule has 2 N–H and O–H groups in total. The van der Waals surface area contributed by atoms with E-state index in [0.717, 1.165) is 6.07 Å². The van der Waals surface area contributed by atoms with Crippen LogP contribution >= 0.6 is 0 Å². The SMILES string of the molecule is O=C(Nc1c(F)c(F)c(C(F)(F)F)c(F)c1F)c1cc(-c2ccc3c(c2)OCO3)n[nH]1. The molecule has 3 aromatic rings. The molecular weight excluding hydrogens is 439 g/mol. The third-order valence-corrected chi connectivity index (χ3v) is 4.28. The van der Waals surface area contributed by atoms with E-state index in [-0.39, 0.29) is 12.5 Å². The van der Waals surface area contributed by atoms with Crippen molar-refractivity contribution in [2.24, 2.45) is 0 Å². The molecule has 0 bridgehead atoms. The topological polar surface area (TPSA) is 76.2 Å². The van der Waals surface area contributed by atoms with Crippen molar-refractivity contribution in [1.29, 1.82) is 0 Å². The lowest BCUT2D eigenvalue weighted by Crippen LogP contribution is -2.20. The van der Waals surface area contributed by atoms with E-state index >= 15 is 0 Å². The highest BCUT2D eigenvalue weighted by atomic mass is 19.4. The molecule has 0 aliphatic carbocycles. The Balaban J connectivity index is 1.63. The standard InChI is InChI=1S/C18H8F7N3O3/c19-12-11(18(23,24)25)13(20)15(22)16(14(12)21)26-17(29)8-4-7(27-28-8)6-1-2-9-10(3-6)31-5-30-9/h1-4H,5H2,(H,26,29)(H,27,28). The summed E-state index contributed by atoms with van der Waals surface area (Å²) >= 11 is 0. The van der Waals surface area contributed by atoms with Crippen molar-refractivity contribution in [3.05, 3.63) is 58.8 Å². The van der Waals surface area contributed by atoms with Gasteiger partial charge >= 0.3 is 6.18 Å². The largest absolute Gasteiger partial charge is 0.454 e. The Hall–Kier alpha value is -3.77. The van der Waals surface area contributed by atoms with Crippen LogP contribution in [0, 0.1) is 23.3 Å². The Morgan fingerprint density at radius 3 is 2.26 bits per heavy atom. The number of ether oxygens (including phenoxy) is 2. The van der Waals surface area contributed by atoms with Crippen LogP contribution in [0.2, 0.25) is 0 Å². The van der Waals surface area contributed by atoms with Crippen molar-refractivity contribution >= 4 is 11.6 Å². The fourth-order valence-electron chi connectivity index (χ4n) is 2.81. The summed E-state index contributed by atoms with van der Waals surface area (Å²) in [6.07, 6.45) is -5.69. The molecule has 0 fully saturated rings. The number of anilines is 1. The van der Waals surface area contributed by atoms with Gasteiger partial charge in [0.2, 0.25) is 6.79 Å². The third-order valence-electron chi connectivity index (χ3n) is 4.28. The molecule has 6 nitrogen and oxygen atoms in total. The zero-order valence-corrected chi connectivity index (χ0v) is 14.8. The first-order chi connectivity index (χ1) is 14.6. The molecule has 0 atom stereocenters. The van der Waals surface area contributed by atoms with Gasteiger partial charge in [0.15, 0.2) is 34.8 Å². The lowest BCUT2D eigenvalue weighted by atomic mass is 10.1. The van der Waals surface area contributed by atoms with Gasteiger partial charge in [0.05, 0.1) is 5.69 Å². The fourth-order valence-corrected chi connectivity index (χ4v) is 2.81. The van der Waals surface area contributed by atoms with Crippen LogP contribution in [0.3, 0.4) is 0 Å². The smallest absolute Gasteiger partial charge is 0.422 e. The number of alkyl halides is 3. The van der Waals surface area contributed by atoms with Gasteiger partial charge in [-0.1, -0.05) is 0 Å². The Morgan fingerprint density at radius 1 is 0.968 bits per heavy atom. The molecule has 162 valence electrons. The summed E-state index contributed by atoms with van der Waals surface area (Å²) in [6, 6.07) is 5.83. The monoisotopic (exact) mass is 447 g/mol. The number of fused-ring (bicyclic) bond motifs is 1. The Kier molecular flexibility index (Phi) is 4.75. The molecular formula is C18H8F7N3O3. The van der Waals surface area contributed by atoms with E-state index in [0.29, 0.717) is 17.1 Å². The zero-order chi connectivity index (χ0) is 22.5. The molecule has 0 saturated carbocycles. The molecule has 1 aromatic heterocycles. The summed E-state index contributed by atoms with van der Waals surface area (Å²) < 4.78 is 104. The van der Waals surface area contributed by atoms with E-state index in [1.807, 2.05) is 0 Å². The normalized spacial score (nSPS) is 12.9. The van der Waals surface area contributed by atoms with Gasteiger partial charge in [0.1, 0.15) is 16.9 Å². The van der Waals surface area contributed by atoms with Crippen molar-refractivity contribution in [3.63, 3.8) is 0 Å². The molecule has 1 aliphatic heterocycles. The van der Waals surface area contributed by atoms with Gasteiger partial charge < -0.3 is 14.8 Å². The van der Waals surface area contributed by atoms with E-state index in [1.54, 1.807) is 18.2 Å². The molecule has 1 amide bonds. The molecule has 13 heteroatoms. The Morgan fingerprint density at radius 2 is 1.61 bits per heavy atom.